The van der Waals surface area contributed by atoms with Crippen LogP contribution in [0.3, 0.4) is 0 Å². The van der Waals surface area contributed by atoms with E-state index in [1.807, 2.05) is 24.3 Å². The van der Waals surface area contributed by atoms with Gasteiger partial charge in [-0.1, -0.05) is 30.3 Å². The second-order valence-corrected chi connectivity index (χ2v) is 7.46. The monoisotopic (exact) mass is 365 g/mol. The molecule has 4 heteroatoms. The van der Waals surface area contributed by atoms with E-state index >= 15 is 0 Å². The smallest absolute Gasteiger partial charge is 0.338 e. The molecule has 3 aromatic rings. The molecule has 0 unspecified atom stereocenters. The predicted molar refractivity (Wildman–Crippen MR) is 110 cm³/mol. The number of aromatic nitrogens is 1. The lowest BCUT2D eigenvalue weighted by Gasteiger charge is -2.09. The van der Waals surface area contributed by atoms with Crippen LogP contribution < -0.4 is 4.90 Å². The fraction of sp³-hybridized carbons (Fsp3) is 0.348. The lowest BCUT2D eigenvalue weighted by atomic mass is 10.1. The molecule has 0 aliphatic rings. The van der Waals surface area contributed by atoms with Crippen molar-refractivity contribution < 1.29 is 14.4 Å². The highest BCUT2D eigenvalue weighted by Crippen LogP contribution is 2.27. The second kappa shape index (κ2) is 8.40. The summed E-state index contributed by atoms with van der Waals surface area (Å²) in [7, 11) is 4.20. The van der Waals surface area contributed by atoms with E-state index in [9.17, 15) is 4.79 Å². The molecule has 2 aromatic carbocycles. The SMILES string of the molecule is Cc1c(C)n(Cc2ccccc2)c2ccc(C(=O)OCCC[NH+](C)C)cc12. The number of hydrogen-bond donors (Lipinski definition) is 1. The first-order chi connectivity index (χ1) is 13.0. The van der Waals surface area contributed by atoms with Crippen molar-refractivity contribution in [3.63, 3.8) is 0 Å². The van der Waals surface area contributed by atoms with Gasteiger partial charge in [-0.3, -0.25) is 0 Å². The summed E-state index contributed by atoms with van der Waals surface area (Å²) in [6.45, 7) is 6.55. The molecular formula is C23H29N2O2+. The van der Waals surface area contributed by atoms with E-state index in [0.717, 1.165) is 30.4 Å². The van der Waals surface area contributed by atoms with Gasteiger partial charge in [0.05, 0.1) is 32.8 Å². The highest BCUT2D eigenvalue weighted by atomic mass is 16.5. The molecule has 0 spiro atoms. The summed E-state index contributed by atoms with van der Waals surface area (Å²) in [5, 5.41) is 1.12. The predicted octanol–water partition coefficient (Wildman–Crippen LogP) is 3.00. The van der Waals surface area contributed by atoms with E-state index in [0.29, 0.717) is 12.2 Å². The van der Waals surface area contributed by atoms with Gasteiger partial charge in [-0.25, -0.2) is 4.79 Å². The van der Waals surface area contributed by atoms with Crippen LogP contribution >= 0.6 is 0 Å². The molecule has 1 heterocycles. The highest BCUT2D eigenvalue weighted by molar-refractivity contribution is 5.96. The number of rotatable bonds is 7. The number of aryl methyl sites for hydroxylation is 1. The number of carbonyl (C=O) groups excluding carboxylic acids is 1. The normalized spacial score (nSPS) is 11.3. The molecular weight excluding hydrogens is 336 g/mol. The third kappa shape index (κ3) is 4.40. The van der Waals surface area contributed by atoms with E-state index < -0.39 is 0 Å². The van der Waals surface area contributed by atoms with Crippen LogP contribution in [0.5, 0.6) is 0 Å². The number of nitrogens with zero attached hydrogens (tertiary/aromatic N) is 1. The van der Waals surface area contributed by atoms with Gasteiger partial charge in [0.1, 0.15) is 0 Å². The third-order valence-electron chi connectivity index (χ3n) is 5.11. The summed E-state index contributed by atoms with van der Waals surface area (Å²) in [5.74, 6) is -0.237. The fourth-order valence-corrected chi connectivity index (χ4v) is 3.42. The van der Waals surface area contributed by atoms with Crippen LogP contribution in [-0.4, -0.2) is 37.8 Å². The summed E-state index contributed by atoms with van der Waals surface area (Å²) >= 11 is 0. The lowest BCUT2D eigenvalue weighted by Crippen LogP contribution is -3.05. The first-order valence-electron chi connectivity index (χ1n) is 9.57. The Balaban J connectivity index is 1.81. The molecule has 0 atom stereocenters. The zero-order valence-corrected chi connectivity index (χ0v) is 16.7. The Morgan fingerprint density at radius 3 is 2.52 bits per heavy atom. The zero-order valence-electron chi connectivity index (χ0n) is 16.7. The van der Waals surface area contributed by atoms with Crippen molar-refractivity contribution in [3.05, 3.63) is 70.9 Å². The van der Waals surface area contributed by atoms with Gasteiger partial charge in [-0.05, 0) is 43.2 Å². The second-order valence-electron chi connectivity index (χ2n) is 7.46. The maximum atomic E-state index is 12.4. The number of nitrogens with one attached hydrogen (secondary N) is 1. The Morgan fingerprint density at radius 1 is 1.07 bits per heavy atom. The van der Waals surface area contributed by atoms with Crippen LogP contribution in [0, 0.1) is 13.8 Å². The van der Waals surface area contributed by atoms with Gasteiger partial charge >= 0.3 is 5.97 Å². The van der Waals surface area contributed by atoms with E-state index in [1.54, 1.807) is 0 Å². The molecule has 142 valence electrons. The molecule has 1 N–H and O–H groups in total. The van der Waals surface area contributed by atoms with Gasteiger partial charge in [0.25, 0.3) is 0 Å². The number of quaternary nitrogens is 1. The minimum absolute atomic E-state index is 0.237. The molecule has 0 saturated heterocycles. The van der Waals surface area contributed by atoms with Crippen LogP contribution in [0.1, 0.15) is 33.6 Å². The minimum atomic E-state index is -0.237. The van der Waals surface area contributed by atoms with E-state index in [2.05, 4.69) is 56.8 Å². The number of benzene rings is 2. The van der Waals surface area contributed by atoms with Crippen molar-refractivity contribution in [2.24, 2.45) is 0 Å². The Hall–Kier alpha value is -2.59. The summed E-state index contributed by atoms with van der Waals surface area (Å²) < 4.78 is 7.76. The van der Waals surface area contributed by atoms with Gasteiger partial charge in [-0.15, -0.1) is 0 Å². The van der Waals surface area contributed by atoms with Crippen LogP contribution in [0.15, 0.2) is 48.5 Å². The fourth-order valence-electron chi connectivity index (χ4n) is 3.42. The Bertz CT molecular complexity index is 926. The Kier molecular flexibility index (Phi) is 5.97. The molecule has 1 aromatic heterocycles. The molecule has 0 amide bonds. The standard InChI is InChI=1S/C23H28N2O2/c1-17-18(2)25(16-19-9-6-5-7-10-19)22-12-11-20(15-21(17)22)23(26)27-14-8-13-24(3)4/h5-7,9-12,15H,8,13-14,16H2,1-4H3/p+1. The number of carbonyl (C=O) groups is 1. The average molecular weight is 365 g/mol. The van der Waals surface area contributed by atoms with Crippen LogP contribution in [0.2, 0.25) is 0 Å². The van der Waals surface area contributed by atoms with Gasteiger partial charge in [0.15, 0.2) is 0 Å². The maximum absolute atomic E-state index is 12.4. The molecule has 0 saturated carbocycles. The molecule has 0 aliphatic heterocycles. The van der Waals surface area contributed by atoms with Gasteiger partial charge < -0.3 is 14.2 Å². The molecule has 27 heavy (non-hydrogen) atoms. The number of esters is 1. The highest BCUT2D eigenvalue weighted by Gasteiger charge is 2.15. The molecule has 4 nitrogen and oxygen atoms in total. The lowest BCUT2D eigenvalue weighted by molar-refractivity contribution is -0.858. The van der Waals surface area contributed by atoms with Crippen LogP contribution in [0.4, 0.5) is 0 Å². The largest absolute Gasteiger partial charge is 0.462 e. The number of fused-ring (bicyclic) bond motifs is 1. The zero-order chi connectivity index (χ0) is 19.4. The molecule has 0 bridgehead atoms. The first kappa shape index (κ1) is 19.2. The van der Waals surface area contributed by atoms with Crippen LogP contribution in [0.25, 0.3) is 10.9 Å². The van der Waals surface area contributed by atoms with Crippen LogP contribution in [-0.2, 0) is 11.3 Å². The van der Waals surface area contributed by atoms with Crippen molar-refractivity contribution in [2.45, 2.75) is 26.8 Å². The van der Waals surface area contributed by atoms with Crippen molar-refractivity contribution in [1.82, 2.24) is 4.57 Å². The third-order valence-corrected chi connectivity index (χ3v) is 5.11. The minimum Gasteiger partial charge on any atom is -0.462 e. The van der Waals surface area contributed by atoms with Crippen molar-refractivity contribution >= 4 is 16.9 Å². The average Bonchev–Trinajstić information content (AvgIpc) is 2.90. The Labute approximate surface area is 161 Å². The molecule has 0 fully saturated rings. The van der Waals surface area contributed by atoms with E-state index in [4.69, 9.17) is 4.74 Å². The number of ether oxygens (including phenoxy) is 1. The summed E-state index contributed by atoms with van der Waals surface area (Å²) in [5.41, 5.74) is 5.49. The molecule has 0 aliphatic carbocycles. The maximum Gasteiger partial charge on any atom is 0.338 e. The quantitative estimate of drug-likeness (QED) is 0.516. The first-order valence-corrected chi connectivity index (χ1v) is 9.57. The topological polar surface area (TPSA) is 35.7 Å². The van der Waals surface area contributed by atoms with E-state index in [1.165, 1.54) is 21.7 Å². The summed E-state index contributed by atoms with van der Waals surface area (Å²) in [6.07, 6.45) is 0.877. The summed E-state index contributed by atoms with van der Waals surface area (Å²) in [4.78, 5) is 13.8. The number of hydrogen-bond acceptors (Lipinski definition) is 2. The van der Waals surface area contributed by atoms with Gasteiger partial charge in [0.2, 0.25) is 0 Å². The molecule has 0 radical (unpaired) electrons. The van der Waals surface area contributed by atoms with Gasteiger partial charge in [0, 0.05) is 29.6 Å². The molecule has 3 rings (SSSR count). The van der Waals surface area contributed by atoms with E-state index in [-0.39, 0.29) is 5.97 Å². The van der Waals surface area contributed by atoms with Crippen molar-refractivity contribution in [3.8, 4) is 0 Å². The Morgan fingerprint density at radius 2 is 1.81 bits per heavy atom. The van der Waals surface area contributed by atoms with Gasteiger partial charge in [-0.2, -0.15) is 0 Å². The van der Waals surface area contributed by atoms with Crippen molar-refractivity contribution in [1.29, 1.82) is 0 Å². The summed E-state index contributed by atoms with van der Waals surface area (Å²) in [6, 6.07) is 16.3. The van der Waals surface area contributed by atoms with Crippen molar-refractivity contribution in [2.75, 3.05) is 27.2 Å².